The first-order chi connectivity index (χ1) is 6.38. The van der Waals surface area contributed by atoms with Crippen molar-refractivity contribution in [3.05, 3.63) is 17.0 Å². The van der Waals surface area contributed by atoms with Gasteiger partial charge in [-0.15, -0.1) is 0 Å². The zero-order valence-corrected chi connectivity index (χ0v) is 7.31. The fraction of sp³-hybridized carbons (Fsp3) is 0.429. The van der Waals surface area contributed by atoms with Crippen molar-refractivity contribution in [2.45, 2.75) is 13.1 Å². The highest BCUT2D eigenvalue weighted by Gasteiger charge is 2.41. The molecule has 1 aromatic rings. The van der Waals surface area contributed by atoms with Crippen molar-refractivity contribution in [1.82, 2.24) is 5.16 Å². The number of carbonyl (C=O) groups excluding carboxylic acids is 1. The number of carbonyl (C=O) groups is 1. The van der Waals surface area contributed by atoms with Crippen molar-refractivity contribution in [3.8, 4) is 0 Å². The van der Waals surface area contributed by atoms with Crippen LogP contribution in [0.4, 0.5) is 13.2 Å². The number of hydrogen-bond donors (Lipinski definition) is 0. The molecule has 0 aliphatic carbocycles. The normalized spacial score (nSPS) is 11.5. The van der Waals surface area contributed by atoms with Gasteiger partial charge in [-0.2, -0.15) is 13.2 Å². The highest BCUT2D eigenvalue weighted by atomic mass is 19.4. The molecule has 0 fully saturated rings. The maximum atomic E-state index is 12.3. The van der Waals surface area contributed by atoms with E-state index in [0.717, 1.165) is 14.0 Å². The third-order valence-corrected chi connectivity index (χ3v) is 1.52. The lowest BCUT2D eigenvalue weighted by molar-refractivity contribution is -0.139. The monoisotopic (exact) mass is 209 g/mol. The first-order valence-corrected chi connectivity index (χ1v) is 3.49. The number of halogens is 3. The Balaban J connectivity index is 3.27. The van der Waals surface area contributed by atoms with Crippen LogP contribution in [0.2, 0.25) is 0 Å². The van der Waals surface area contributed by atoms with E-state index >= 15 is 0 Å². The van der Waals surface area contributed by atoms with Crippen molar-refractivity contribution < 1.29 is 27.2 Å². The Bertz CT molecular complexity index is 356. The van der Waals surface area contributed by atoms with E-state index in [4.69, 9.17) is 0 Å². The van der Waals surface area contributed by atoms with E-state index in [0.29, 0.717) is 0 Å². The number of esters is 1. The molecule has 0 saturated heterocycles. The van der Waals surface area contributed by atoms with E-state index in [1.54, 1.807) is 0 Å². The summed E-state index contributed by atoms with van der Waals surface area (Å²) in [7, 11) is 0.965. The molecule has 78 valence electrons. The Morgan fingerprint density at radius 1 is 1.50 bits per heavy atom. The number of nitrogens with zero attached hydrogens (tertiary/aromatic N) is 1. The van der Waals surface area contributed by atoms with Crippen LogP contribution in [0.5, 0.6) is 0 Å². The Kier molecular flexibility index (Phi) is 2.50. The van der Waals surface area contributed by atoms with Crippen LogP contribution < -0.4 is 0 Å². The molecular weight excluding hydrogens is 203 g/mol. The van der Waals surface area contributed by atoms with Crippen LogP contribution in [0, 0.1) is 6.92 Å². The predicted octanol–water partition coefficient (Wildman–Crippen LogP) is 1.79. The van der Waals surface area contributed by atoms with Crippen LogP contribution >= 0.6 is 0 Å². The summed E-state index contributed by atoms with van der Waals surface area (Å²) in [5.41, 5.74) is -2.04. The van der Waals surface area contributed by atoms with E-state index in [-0.39, 0.29) is 0 Å². The summed E-state index contributed by atoms with van der Waals surface area (Å²) in [6.07, 6.45) is -4.67. The molecule has 0 saturated carbocycles. The van der Waals surface area contributed by atoms with Gasteiger partial charge in [0.2, 0.25) is 5.69 Å². The topological polar surface area (TPSA) is 52.3 Å². The third-order valence-electron chi connectivity index (χ3n) is 1.52. The third kappa shape index (κ3) is 1.70. The summed E-state index contributed by atoms with van der Waals surface area (Å²) in [4.78, 5) is 10.8. The molecule has 0 bridgehead atoms. The Hall–Kier alpha value is -1.53. The molecule has 1 aromatic heterocycles. The van der Waals surface area contributed by atoms with Gasteiger partial charge in [-0.3, -0.25) is 0 Å². The summed E-state index contributed by atoms with van der Waals surface area (Å²) in [6, 6.07) is 0. The molecule has 0 radical (unpaired) electrons. The molecule has 0 aromatic carbocycles. The summed E-state index contributed by atoms with van der Waals surface area (Å²) in [5, 5.41) is 2.98. The van der Waals surface area contributed by atoms with E-state index in [9.17, 15) is 18.0 Å². The smallest absolute Gasteiger partial charge is 0.422 e. The number of aryl methyl sites for hydroxylation is 1. The molecule has 0 aliphatic heterocycles. The van der Waals surface area contributed by atoms with Crippen LogP contribution in [-0.2, 0) is 10.9 Å². The molecular formula is C7H6F3NO3. The molecule has 1 heterocycles. The molecule has 4 nitrogen and oxygen atoms in total. The number of methoxy groups -OCH3 is 1. The lowest BCUT2D eigenvalue weighted by atomic mass is 10.2. The summed E-state index contributed by atoms with van der Waals surface area (Å²) in [5.74, 6) is -1.63. The average molecular weight is 209 g/mol. The average Bonchev–Trinajstić information content (AvgIpc) is 2.44. The standard InChI is InChI=1S/C7H6F3NO3/c1-3-4(7(8,9)10)5(11-14-3)6(12)13-2/h1-2H3. The maximum absolute atomic E-state index is 12.3. The largest absolute Gasteiger partial charge is 0.464 e. The summed E-state index contributed by atoms with van der Waals surface area (Å²) >= 11 is 0. The highest BCUT2D eigenvalue weighted by Crippen LogP contribution is 2.34. The van der Waals surface area contributed by atoms with Gasteiger partial charge in [0.15, 0.2) is 0 Å². The molecule has 1 rings (SSSR count). The van der Waals surface area contributed by atoms with Crippen molar-refractivity contribution in [3.63, 3.8) is 0 Å². The number of alkyl halides is 3. The second kappa shape index (κ2) is 3.32. The zero-order valence-electron chi connectivity index (χ0n) is 7.31. The molecule has 0 N–H and O–H groups in total. The van der Waals surface area contributed by atoms with Gasteiger partial charge in [0.25, 0.3) is 0 Å². The van der Waals surface area contributed by atoms with Crippen LogP contribution in [0.15, 0.2) is 4.52 Å². The van der Waals surface area contributed by atoms with Gasteiger partial charge in [0.05, 0.1) is 7.11 Å². The van der Waals surface area contributed by atoms with Gasteiger partial charge in [-0.1, -0.05) is 5.16 Å². The van der Waals surface area contributed by atoms with Gasteiger partial charge in [0.1, 0.15) is 11.3 Å². The van der Waals surface area contributed by atoms with Gasteiger partial charge in [-0.25, -0.2) is 4.79 Å². The Morgan fingerprint density at radius 2 is 2.07 bits per heavy atom. The van der Waals surface area contributed by atoms with Gasteiger partial charge < -0.3 is 9.26 Å². The Labute approximate surface area is 76.6 Å². The zero-order chi connectivity index (χ0) is 10.9. The van der Waals surface area contributed by atoms with Crippen LogP contribution in [0.3, 0.4) is 0 Å². The fourth-order valence-corrected chi connectivity index (χ4v) is 0.942. The molecule has 7 heteroatoms. The minimum absolute atomic E-state index is 0.460. The number of ether oxygens (including phenoxy) is 1. The Morgan fingerprint density at radius 3 is 2.50 bits per heavy atom. The molecule has 14 heavy (non-hydrogen) atoms. The van der Waals surface area contributed by atoms with Crippen LogP contribution in [0.25, 0.3) is 0 Å². The lowest BCUT2D eigenvalue weighted by Gasteiger charge is -2.04. The molecule has 0 spiro atoms. The van der Waals surface area contributed by atoms with E-state index in [1.165, 1.54) is 0 Å². The molecule has 0 aliphatic rings. The minimum Gasteiger partial charge on any atom is -0.464 e. The number of aromatic nitrogens is 1. The maximum Gasteiger partial charge on any atom is 0.422 e. The summed E-state index contributed by atoms with van der Waals surface area (Å²) in [6.45, 7) is 1.07. The van der Waals surface area contributed by atoms with Crippen molar-refractivity contribution >= 4 is 5.97 Å². The lowest BCUT2D eigenvalue weighted by Crippen LogP contribution is -2.13. The first kappa shape index (κ1) is 10.6. The summed E-state index contributed by atoms with van der Waals surface area (Å²) < 4.78 is 45.4. The van der Waals surface area contributed by atoms with E-state index in [2.05, 4.69) is 14.4 Å². The van der Waals surface area contributed by atoms with Crippen LogP contribution in [-0.4, -0.2) is 18.2 Å². The van der Waals surface area contributed by atoms with Crippen molar-refractivity contribution in [1.29, 1.82) is 0 Å². The van der Waals surface area contributed by atoms with E-state index < -0.39 is 29.2 Å². The SMILES string of the molecule is COC(=O)c1noc(C)c1C(F)(F)F. The minimum atomic E-state index is -4.67. The van der Waals surface area contributed by atoms with E-state index in [1.807, 2.05) is 0 Å². The number of hydrogen-bond acceptors (Lipinski definition) is 4. The molecule has 0 unspecified atom stereocenters. The fourth-order valence-electron chi connectivity index (χ4n) is 0.942. The second-order valence-electron chi connectivity index (χ2n) is 2.45. The highest BCUT2D eigenvalue weighted by molar-refractivity contribution is 5.89. The molecule has 0 amide bonds. The van der Waals surface area contributed by atoms with Crippen LogP contribution in [0.1, 0.15) is 21.8 Å². The second-order valence-corrected chi connectivity index (χ2v) is 2.45. The quantitative estimate of drug-likeness (QED) is 0.661. The number of rotatable bonds is 1. The van der Waals surface area contributed by atoms with Gasteiger partial charge >= 0.3 is 12.1 Å². The van der Waals surface area contributed by atoms with Gasteiger partial charge in [-0.05, 0) is 6.92 Å². The molecule has 0 atom stereocenters. The van der Waals surface area contributed by atoms with Crippen molar-refractivity contribution in [2.24, 2.45) is 0 Å². The first-order valence-electron chi connectivity index (χ1n) is 3.49. The van der Waals surface area contributed by atoms with Gasteiger partial charge in [0, 0.05) is 0 Å². The predicted molar refractivity (Wildman–Crippen MR) is 37.6 cm³/mol. The van der Waals surface area contributed by atoms with Crippen molar-refractivity contribution in [2.75, 3.05) is 7.11 Å².